The van der Waals surface area contributed by atoms with Gasteiger partial charge in [-0.25, -0.2) is 8.78 Å². The Bertz CT molecular complexity index is 1190. The van der Waals surface area contributed by atoms with Gasteiger partial charge in [-0.05, 0) is 25.8 Å². The molecule has 5 rings (SSSR count). The first-order valence-electron chi connectivity index (χ1n) is 9.96. The minimum Gasteiger partial charge on any atom is -0.503 e. The number of benzene rings is 1. The summed E-state index contributed by atoms with van der Waals surface area (Å²) >= 11 is 0. The lowest BCUT2D eigenvalue weighted by Gasteiger charge is -2.38. The molecule has 2 N–H and O–H groups in total. The molecule has 1 saturated heterocycles. The summed E-state index contributed by atoms with van der Waals surface area (Å²) in [6, 6.07) is 2.45. The van der Waals surface area contributed by atoms with E-state index in [0.717, 1.165) is 6.07 Å². The molecule has 2 amide bonds. The Labute approximate surface area is 175 Å². The van der Waals surface area contributed by atoms with E-state index in [-0.39, 0.29) is 35.4 Å². The Balaban J connectivity index is 1.54. The van der Waals surface area contributed by atoms with E-state index in [1.165, 1.54) is 11.0 Å². The molecule has 0 aliphatic carbocycles. The highest BCUT2D eigenvalue weighted by Crippen LogP contribution is 2.43. The van der Waals surface area contributed by atoms with Crippen molar-refractivity contribution in [1.29, 1.82) is 0 Å². The van der Waals surface area contributed by atoms with Gasteiger partial charge in [0.05, 0.1) is 18.7 Å². The molecule has 0 radical (unpaired) electrons. The number of carbonyl (C=O) groups is 2. The predicted molar refractivity (Wildman–Crippen MR) is 103 cm³/mol. The van der Waals surface area contributed by atoms with Gasteiger partial charge >= 0.3 is 0 Å². The molecular weight excluding hydrogens is 412 g/mol. The molecule has 3 atom stereocenters. The van der Waals surface area contributed by atoms with Gasteiger partial charge in [0.15, 0.2) is 17.7 Å². The summed E-state index contributed by atoms with van der Waals surface area (Å²) in [6.07, 6.45) is 0.350. The van der Waals surface area contributed by atoms with Crippen LogP contribution in [0.2, 0.25) is 0 Å². The maximum Gasteiger partial charge on any atom is 0.276 e. The number of aromatic hydroxyl groups is 1. The largest absolute Gasteiger partial charge is 0.503 e. The average molecular weight is 431 g/mol. The average Bonchev–Trinajstić information content (AvgIpc) is 3.31. The number of aromatic nitrogens is 1. The van der Waals surface area contributed by atoms with Crippen molar-refractivity contribution in [1.82, 2.24) is 14.8 Å². The summed E-state index contributed by atoms with van der Waals surface area (Å²) in [4.78, 5) is 40.3. The molecule has 0 spiro atoms. The zero-order valence-corrected chi connectivity index (χ0v) is 16.5. The molecule has 2 unspecified atom stereocenters. The summed E-state index contributed by atoms with van der Waals surface area (Å²) in [5.41, 5.74) is -0.962. The van der Waals surface area contributed by atoms with Crippen molar-refractivity contribution in [3.63, 3.8) is 0 Å². The third kappa shape index (κ3) is 2.78. The molecule has 31 heavy (non-hydrogen) atoms. The summed E-state index contributed by atoms with van der Waals surface area (Å²) in [7, 11) is 0. The zero-order chi connectivity index (χ0) is 22.0. The highest BCUT2D eigenvalue weighted by molar-refractivity contribution is 6.00. The van der Waals surface area contributed by atoms with E-state index in [0.29, 0.717) is 31.2 Å². The monoisotopic (exact) mass is 431 g/mol. The second-order valence-electron chi connectivity index (χ2n) is 8.03. The van der Waals surface area contributed by atoms with E-state index in [4.69, 9.17) is 4.74 Å². The Morgan fingerprint density at radius 1 is 1.32 bits per heavy atom. The molecular formula is C21H19F2N3O5. The van der Waals surface area contributed by atoms with E-state index in [9.17, 15) is 28.3 Å². The third-order valence-electron chi connectivity index (χ3n) is 6.20. The van der Waals surface area contributed by atoms with Crippen LogP contribution < -0.4 is 10.7 Å². The Morgan fingerprint density at radius 2 is 2.10 bits per heavy atom. The van der Waals surface area contributed by atoms with Gasteiger partial charge in [-0.2, -0.15) is 0 Å². The standard InChI is InChI=1S/C21H19F2N3O5/c1-9-8-31-21-14-5-4-13-15(17(27)18(28)16(26(13)14)20(30)25(9)21)19(29)24-7-10-2-3-11(22)6-12(10)23/h2-3,6,9,14,21,28H,4-5,7-8H2,1H3,(H,24,29)/t9-,14?,21?/m1/s1. The number of amides is 2. The van der Waals surface area contributed by atoms with Crippen LogP contribution in [0.5, 0.6) is 5.75 Å². The smallest absolute Gasteiger partial charge is 0.276 e. The maximum absolute atomic E-state index is 13.9. The zero-order valence-electron chi connectivity index (χ0n) is 16.5. The van der Waals surface area contributed by atoms with Gasteiger partial charge in [0, 0.05) is 23.9 Å². The fourth-order valence-electron chi connectivity index (χ4n) is 4.77. The molecule has 0 bridgehead atoms. The van der Waals surface area contributed by atoms with Crippen molar-refractivity contribution >= 4 is 11.8 Å². The topological polar surface area (TPSA) is 101 Å². The van der Waals surface area contributed by atoms with Crippen molar-refractivity contribution < 1.29 is 28.2 Å². The van der Waals surface area contributed by atoms with Gasteiger partial charge in [-0.1, -0.05) is 6.07 Å². The minimum absolute atomic E-state index is 0.0468. The lowest BCUT2D eigenvalue weighted by Crippen LogP contribution is -2.50. The van der Waals surface area contributed by atoms with Crippen molar-refractivity contribution in [2.75, 3.05) is 6.61 Å². The normalized spacial score (nSPS) is 23.6. The fraction of sp³-hybridized carbons (Fsp3) is 0.381. The number of rotatable bonds is 3. The summed E-state index contributed by atoms with van der Waals surface area (Å²) in [5.74, 6) is -3.66. The van der Waals surface area contributed by atoms with Crippen molar-refractivity contribution in [3.05, 3.63) is 62.6 Å². The molecule has 2 aromatic rings. The van der Waals surface area contributed by atoms with Crippen molar-refractivity contribution in [2.45, 2.75) is 44.6 Å². The number of ether oxygens (including phenoxy) is 1. The van der Waals surface area contributed by atoms with Gasteiger partial charge < -0.3 is 24.6 Å². The number of fused-ring (bicyclic) bond motifs is 2. The van der Waals surface area contributed by atoms with Gasteiger partial charge in [-0.3, -0.25) is 14.4 Å². The number of halogens is 2. The molecule has 1 aromatic heterocycles. The van der Waals surface area contributed by atoms with Crippen LogP contribution in [-0.4, -0.2) is 45.3 Å². The Hall–Kier alpha value is -3.27. The first kappa shape index (κ1) is 19.7. The first-order valence-corrected chi connectivity index (χ1v) is 9.96. The quantitative estimate of drug-likeness (QED) is 0.766. The molecule has 3 aliphatic heterocycles. The fourth-order valence-corrected chi connectivity index (χ4v) is 4.77. The molecule has 162 valence electrons. The second-order valence-corrected chi connectivity index (χ2v) is 8.03. The highest BCUT2D eigenvalue weighted by Gasteiger charge is 2.51. The number of hydrogen-bond donors (Lipinski definition) is 2. The Kier molecular flexibility index (Phi) is 4.37. The number of nitrogens with zero attached hydrogens (tertiary/aromatic N) is 2. The lowest BCUT2D eigenvalue weighted by molar-refractivity contribution is -0.0144. The van der Waals surface area contributed by atoms with E-state index >= 15 is 0 Å². The van der Waals surface area contributed by atoms with E-state index < -0.39 is 40.9 Å². The van der Waals surface area contributed by atoms with Gasteiger partial charge in [0.25, 0.3) is 11.8 Å². The van der Waals surface area contributed by atoms with Crippen LogP contribution in [0.1, 0.15) is 51.5 Å². The van der Waals surface area contributed by atoms with Gasteiger partial charge in [0.1, 0.15) is 17.2 Å². The van der Waals surface area contributed by atoms with Crippen molar-refractivity contribution in [3.8, 4) is 5.75 Å². The number of nitrogens with one attached hydrogen (secondary N) is 1. The second kappa shape index (κ2) is 6.88. The molecule has 0 saturated carbocycles. The highest BCUT2D eigenvalue weighted by atomic mass is 19.1. The third-order valence-corrected chi connectivity index (χ3v) is 6.20. The van der Waals surface area contributed by atoms with Crippen LogP contribution in [0.25, 0.3) is 0 Å². The van der Waals surface area contributed by atoms with Crippen molar-refractivity contribution in [2.24, 2.45) is 0 Å². The van der Waals surface area contributed by atoms with Crippen LogP contribution in [0.3, 0.4) is 0 Å². The van der Waals surface area contributed by atoms with Crippen LogP contribution >= 0.6 is 0 Å². The summed E-state index contributed by atoms with van der Waals surface area (Å²) < 4.78 is 34.3. The van der Waals surface area contributed by atoms with Crippen LogP contribution in [0, 0.1) is 11.6 Å². The summed E-state index contributed by atoms with van der Waals surface area (Å²) in [5, 5.41) is 13.0. The SMILES string of the molecule is C[C@@H]1COC2C3CCc4c(C(=O)NCc5ccc(F)cc5F)c(=O)c(O)c(n43)C(=O)N21. The van der Waals surface area contributed by atoms with Gasteiger partial charge in [0.2, 0.25) is 5.43 Å². The molecule has 8 nitrogen and oxygen atoms in total. The van der Waals surface area contributed by atoms with Crippen LogP contribution in [0.4, 0.5) is 8.78 Å². The molecule has 3 aliphatic rings. The van der Waals surface area contributed by atoms with E-state index in [2.05, 4.69) is 5.32 Å². The van der Waals surface area contributed by atoms with E-state index in [1.807, 2.05) is 6.92 Å². The van der Waals surface area contributed by atoms with E-state index in [1.54, 1.807) is 4.57 Å². The molecule has 1 aromatic carbocycles. The predicted octanol–water partition coefficient (Wildman–Crippen LogP) is 1.45. The molecule has 1 fully saturated rings. The Morgan fingerprint density at radius 3 is 2.84 bits per heavy atom. The van der Waals surface area contributed by atoms with Crippen LogP contribution in [-0.2, 0) is 17.7 Å². The molecule has 10 heteroatoms. The van der Waals surface area contributed by atoms with Crippen LogP contribution in [0.15, 0.2) is 23.0 Å². The number of pyridine rings is 1. The number of hydrogen-bond acceptors (Lipinski definition) is 5. The minimum atomic E-state index is -0.946. The van der Waals surface area contributed by atoms with Gasteiger partial charge in [-0.15, -0.1) is 0 Å². The number of carbonyl (C=O) groups excluding carboxylic acids is 2. The lowest BCUT2D eigenvalue weighted by atomic mass is 10.1. The summed E-state index contributed by atoms with van der Waals surface area (Å²) in [6.45, 7) is 1.90. The molecule has 4 heterocycles. The first-order chi connectivity index (χ1) is 14.8. The maximum atomic E-state index is 13.9.